The van der Waals surface area contributed by atoms with E-state index >= 15 is 0 Å². The molecule has 3 nitrogen and oxygen atoms in total. The summed E-state index contributed by atoms with van der Waals surface area (Å²) in [7, 11) is -3.31. The zero-order chi connectivity index (χ0) is 13.1. The average molecular weight is 269 g/mol. The summed E-state index contributed by atoms with van der Waals surface area (Å²) < 4.78 is 25.2. The largest absolute Gasteiger partial charge is 0.399 e. The first kappa shape index (κ1) is 13.0. The van der Waals surface area contributed by atoms with Crippen molar-refractivity contribution < 1.29 is 8.39 Å². The Morgan fingerprint density at radius 1 is 1.22 bits per heavy atom. The molecular weight excluding hydrogens is 255 g/mol. The Hall–Kier alpha value is -1.48. The molecule has 0 saturated heterocycles. The highest BCUT2D eigenvalue weighted by Gasteiger charge is 2.24. The first-order valence-electron chi connectivity index (χ1n) is 5.63. The maximum Gasteiger partial charge on any atom is 0.316 e. The van der Waals surface area contributed by atoms with E-state index in [-0.39, 0.29) is 0 Å². The van der Waals surface area contributed by atoms with Crippen LogP contribution in [0.3, 0.4) is 0 Å². The van der Waals surface area contributed by atoms with Gasteiger partial charge in [-0.2, -0.15) is 8.39 Å². The van der Waals surface area contributed by atoms with Crippen LogP contribution in [0.5, 0.6) is 0 Å². The number of nitrogens with two attached hydrogens (primary N) is 1. The molecule has 0 radical (unpaired) electrons. The van der Waals surface area contributed by atoms with Crippen molar-refractivity contribution in [1.29, 1.82) is 5.41 Å². The van der Waals surface area contributed by atoms with Crippen LogP contribution in [0, 0.1) is 5.41 Å². The van der Waals surface area contributed by atoms with Gasteiger partial charge >= 0.3 is 8.54 Å². The average Bonchev–Trinajstić information content (AvgIpc) is 2.79. The summed E-state index contributed by atoms with van der Waals surface area (Å²) in [6.45, 7) is 0. The Labute approximate surface area is 106 Å². The summed E-state index contributed by atoms with van der Waals surface area (Å²) in [5, 5.41) is 10.5. The van der Waals surface area contributed by atoms with Crippen LogP contribution >= 0.6 is 8.54 Å². The Bertz CT molecular complexity index is 483. The highest BCUT2D eigenvalue weighted by molar-refractivity contribution is 7.66. The Balaban J connectivity index is 2.18. The van der Waals surface area contributed by atoms with Crippen molar-refractivity contribution in [1.82, 2.24) is 0 Å². The number of nitrogen functional groups attached to an aromatic ring is 1. The molecule has 1 aromatic rings. The fraction of sp³-hybridized carbons (Fsp3) is 0.250. The lowest BCUT2D eigenvalue weighted by molar-refractivity contribution is 0.766. The molecule has 0 fully saturated rings. The fourth-order valence-corrected chi connectivity index (χ4v) is 2.44. The molecule has 96 valence electrons. The monoisotopic (exact) mass is 269 g/mol. The molecule has 1 aliphatic rings. The number of allylic oxidation sites excluding steroid dienone is 2. The molecule has 0 heterocycles. The molecule has 0 saturated carbocycles. The lowest BCUT2D eigenvalue weighted by atomic mass is 10.2. The smallest absolute Gasteiger partial charge is 0.316 e. The number of hydrogen-bond donors (Lipinski definition) is 3. The van der Waals surface area contributed by atoms with Gasteiger partial charge in [-0.15, -0.1) is 0 Å². The molecule has 1 aliphatic carbocycles. The van der Waals surface area contributed by atoms with Crippen molar-refractivity contribution >= 4 is 25.4 Å². The molecule has 4 N–H and O–H groups in total. The highest BCUT2D eigenvalue weighted by Crippen LogP contribution is 2.46. The van der Waals surface area contributed by atoms with E-state index < -0.39 is 14.0 Å². The topological polar surface area (TPSA) is 61.9 Å². The van der Waals surface area contributed by atoms with Crippen LogP contribution < -0.4 is 11.1 Å². The molecule has 0 spiro atoms. The lowest BCUT2D eigenvalue weighted by Crippen LogP contribution is -2.03. The second kappa shape index (κ2) is 5.44. The van der Waals surface area contributed by atoms with Crippen LogP contribution in [0.25, 0.3) is 0 Å². The van der Waals surface area contributed by atoms with Crippen molar-refractivity contribution in [3.63, 3.8) is 0 Å². The van der Waals surface area contributed by atoms with E-state index in [1.807, 2.05) is 0 Å². The normalized spacial score (nSPS) is 15.3. The molecule has 18 heavy (non-hydrogen) atoms. The summed E-state index contributed by atoms with van der Waals surface area (Å²) in [6, 6.07) is 7.10. The molecule has 0 atom stereocenters. The minimum atomic E-state index is -3.31. The third kappa shape index (κ3) is 2.85. The van der Waals surface area contributed by atoms with Crippen LogP contribution in [-0.4, -0.2) is 5.45 Å². The van der Waals surface area contributed by atoms with Gasteiger partial charge in [-0.05, 0) is 43.5 Å². The third-order valence-corrected chi connectivity index (χ3v) is 3.49. The maximum atomic E-state index is 12.6. The summed E-state index contributed by atoms with van der Waals surface area (Å²) in [4.78, 5) is 0. The van der Waals surface area contributed by atoms with Crippen molar-refractivity contribution in [3.8, 4) is 0 Å². The Kier molecular flexibility index (Phi) is 3.92. The number of halogens is 2. The second-order valence-electron chi connectivity index (χ2n) is 4.14. The second-order valence-corrected chi connectivity index (χ2v) is 5.05. The van der Waals surface area contributed by atoms with Gasteiger partial charge in [0.2, 0.25) is 0 Å². The van der Waals surface area contributed by atoms with E-state index in [2.05, 4.69) is 5.32 Å². The Morgan fingerprint density at radius 3 is 2.50 bits per heavy atom. The Morgan fingerprint density at radius 2 is 1.89 bits per heavy atom. The van der Waals surface area contributed by atoms with E-state index in [0.717, 1.165) is 17.8 Å². The van der Waals surface area contributed by atoms with Crippen molar-refractivity contribution in [2.24, 2.45) is 0 Å². The van der Waals surface area contributed by atoms with Crippen LogP contribution in [-0.2, 0) is 0 Å². The van der Waals surface area contributed by atoms with E-state index in [0.29, 0.717) is 24.1 Å². The first-order valence-corrected chi connectivity index (χ1v) is 6.75. The van der Waals surface area contributed by atoms with Gasteiger partial charge in [0.15, 0.2) is 0 Å². The van der Waals surface area contributed by atoms with Crippen molar-refractivity contribution in [3.05, 3.63) is 35.5 Å². The first-order chi connectivity index (χ1) is 8.58. The molecular formula is C12H14F2N3P. The van der Waals surface area contributed by atoms with E-state index in [4.69, 9.17) is 11.1 Å². The minimum Gasteiger partial charge on any atom is -0.399 e. The van der Waals surface area contributed by atoms with Crippen molar-refractivity contribution in [2.45, 2.75) is 19.3 Å². The number of hydrogen-bond acceptors (Lipinski definition) is 3. The molecule has 2 rings (SSSR count). The summed E-state index contributed by atoms with van der Waals surface area (Å²) in [6.07, 6.45) is 2.09. The summed E-state index contributed by atoms with van der Waals surface area (Å²) in [5.41, 5.74) is 7.77. The standard InChI is InChI=1S/C12H14F2N3P/c13-18(14)12(16)10-2-1-3-11(10)17-9-6-4-8(15)5-7-9/h4-7,16-17H,1-3,15H2. The molecule has 0 aliphatic heterocycles. The third-order valence-electron chi connectivity index (χ3n) is 2.88. The molecule has 0 bridgehead atoms. The molecule has 0 amide bonds. The van der Waals surface area contributed by atoms with Crippen LogP contribution in [0.4, 0.5) is 19.8 Å². The predicted octanol–water partition coefficient (Wildman–Crippen LogP) is 4.35. The van der Waals surface area contributed by atoms with Gasteiger partial charge in [-0.25, -0.2) is 0 Å². The predicted molar refractivity (Wildman–Crippen MR) is 72.2 cm³/mol. The maximum absolute atomic E-state index is 12.6. The van der Waals surface area contributed by atoms with Crippen molar-refractivity contribution in [2.75, 3.05) is 11.1 Å². The van der Waals surface area contributed by atoms with Crippen LogP contribution in [0.1, 0.15) is 19.3 Å². The summed E-state index contributed by atoms with van der Waals surface area (Å²) in [5.74, 6) is 0. The van der Waals surface area contributed by atoms with E-state index in [1.165, 1.54) is 0 Å². The van der Waals surface area contributed by atoms with E-state index in [9.17, 15) is 8.39 Å². The molecule has 0 aromatic heterocycles. The number of rotatable bonds is 4. The van der Waals surface area contributed by atoms with E-state index in [1.54, 1.807) is 24.3 Å². The molecule has 6 heteroatoms. The van der Waals surface area contributed by atoms with Gasteiger partial charge in [0, 0.05) is 22.6 Å². The lowest BCUT2D eigenvalue weighted by Gasteiger charge is -2.11. The SMILES string of the molecule is N=C(C1=C(Nc2ccc(N)cc2)CCC1)P(F)F. The zero-order valence-electron chi connectivity index (χ0n) is 9.71. The van der Waals surface area contributed by atoms with Gasteiger partial charge in [-0.3, -0.25) is 5.41 Å². The minimum absolute atomic E-state index is 0.475. The quantitative estimate of drug-likeness (QED) is 0.432. The van der Waals surface area contributed by atoms with Gasteiger partial charge in [0.25, 0.3) is 0 Å². The molecule has 0 unspecified atom stereocenters. The molecule has 1 aromatic carbocycles. The van der Waals surface area contributed by atoms with Gasteiger partial charge in [0.05, 0.1) is 0 Å². The van der Waals surface area contributed by atoms with Crippen LogP contribution in [0.15, 0.2) is 35.5 Å². The van der Waals surface area contributed by atoms with Gasteiger partial charge in [0.1, 0.15) is 5.45 Å². The van der Waals surface area contributed by atoms with Gasteiger partial charge < -0.3 is 11.1 Å². The van der Waals surface area contributed by atoms with Crippen LogP contribution in [0.2, 0.25) is 0 Å². The fourth-order valence-electron chi connectivity index (χ4n) is 1.99. The number of benzene rings is 1. The highest BCUT2D eigenvalue weighted by atomic mass is 31.2. The van der Waals surface area contributed by atoms with Gasteiger partial charge in [-0.1, -0.05) is 0 Å². The summed E-state index contributed by atoms with van der Waals surface area (Å²) >= 11 is 0. The number of nitrogens with one attached hydrogen (secondary N) is 2. The number of anilines is 2. The zero-order valence-corrected chi connectivity index (χ0v) is 10.6.